The highest BCUT2D eigenvalue weighted by Crippen LogP contribution is 2.28. The van der Waals surface area contributed by atoms with E-state index in [1.54, 1.807) is 9.69 Å². The summed E-state index contributed by atoms with van der Waals surface area (Å²) in [6.07, 6.45) is 1.05. The van der Waals surface area contributed by atoms with Gasteiger partial charge in [0.25, 0.3) is 5.91 Å². The van der Waals surface area contributed by atoms with Gasteiger partial charge in [-0.25, -0.2) is 8.42 Å². The molecule has 0 aromatic carbocycles. The van der Waals surface area contributed by atoms with E-state index < -0.39 is 10.0 Å². The molecule has 2 heterocycles. The fourth-order valence-corrected chi connectivity index (χ4v) is 5.53. The van der Waals surface area contributed by atoms with Gasteiger partial charge in [0, 0.05) is 25.5 Å². The minimum Gasteiger partial charge on any atom is -0.354 e. The predicted octanol–water partition coefficient (Wildman–Crippen LogP) is 1.77. The van der Waals surface area contributed by atoms with E-state index in [4.69, 9.17) is 0 Å². The summed E-state index contributed by atoms with van der Waals surface area (Å²) in [6.45, 7) is 5.25. The van der Waals surface area contributed by atoms with Crippen molar-refractivity contribution in [2.24, 2.45) is 11.8 Å². The second kappa shape index (κ2) is 5.83. The Morgan fingerprint density at radius 3 is 2.50 bits per heavy atom. The molecule has 1 aromatic heterocycles. The zero-order valence-corrected chi connectivity index (χ0v) is 13.6. The fourth-order valence-electron chi connectivity index (χ4n) is 2.65. The average Bonchev–Trinajstić information content (AvgIpc) is 2.86. The largest absolute Gasteiger partial charge is 0.354 e. The second-order valence-electron chi connectivity index (χ2n) is 5.49. The van der Waals surface area contributed by atoms with Gasteiger partial charge >= 0.3 is 0 Å². The average molecular weight is 316 g/mol. The van der Waals surface area contributed by atoms with E-state index in [0.717, 1.165) is 17.8 Å². The number of nitrogens with zero attached hydrogens (tertiary/aromatic N) is 1. The highest BCUT2D eigenvalue weighted by Gasteiger charge is 2.32. The standard InChI is InChI=1S/C13H20N2O3S2/c1-9-4-10(2)7-15(6-9)20(17,18)11-5-12(19-8-11)13(16)14-3/h5,8-10H,4,6-7H2,1-3H3,(H,14,16)/t9-,10+. The van der Waals surface area contributed by atoms with Crippen LogP contribution in [0, 0.1) is 11.8 Å². The number of piperidine rings is 1. The van der Waals surface area contributed by atoms with Gasteiger partial charge in [-0.05, 0) is 24.3 Å². The quantitative estimate of drug-likeness (QED) is 0.924. The van der Waals surface area contributed by atoms with Gasteiger partial charge < -0.3 is 5.32 Å². The van der Waals surface area contributed by atoms with Crippen LogP contribution in [-0.2, 0) is 10.0 Å². The van der Waals surface area contributed by atoms with Crippen molar-refractivity contribution in [1.82, 2.24) is 9.62 Å². The first-order chi connectivity index (χ1) is 9.34. The summed E-state index contributed by atoms with van der Waals surface area (Å²) in [5.74, 6) is 0.480. The molecule has 0 saturated carbocycles. The zero-order chi connectivity index (χ0) is 14.9. The van der Waals surface area contributed by atoms with E-state index in [1.807, 2.05) is 0 Å². The Morgan fingerprint density at radius 2 is 1.95 bits per heavy atom. The third-order valence-corrected chi connectivity index (χ3v) is 6.39. The van der Waals surface area contributed by atoms with E-state index >= 15 is 0 Å². The van der Waals surface area contributed by atoms with Crippen LogP contribution in [0.3, 0.4) is 0 Å². The molecular formula is C13H20N2O3S2. The Balaban J connectivity index is 2.26. The molecule has 1 amide bonds. The molecule has 0 unspecified atom stereocenters. The first-order valence-electron chi connectivity index (χ1n) is 6.65. The molecule has 0 radical (unpaired) electrons. The van der Waals surface area contributed by atoms with Gasteiger partial charge in [-0.2, -0.15) is 4.31 Å². The molecule has 1 aliphatic rings. The number of carbonyl (C=O) groups is 1. The maximum atomic E-state index is 12.6. The lowest BCUT2D eigenvalue weighted by molar-refractivity contribution is 0.0967. The maximum Gasteiger partial charge on any atom is 0.261 e. The van der Waals surface area contributed by atoms with Crippen LogP contribution in [0.15, 0.2) is 16.3 Å². The van der Waals surface area contributed by atoms with Crippen molar-refractivity contribution in [1.29, 1.82) is 0 Å². The van der Waals surface area contributed by atoms with Crippen molar-refractivity contribution in [3.8, 4) is 0 Å². The topological polar surface area (TPSA) is 66.5 Å². The molecule has 5 nitrogen and oxygen atoms in total. The third kappa shape index (κ3) is 3.05. The Labute approximate surface area is 124 Å². The molecule has 0 aliphatic carbocycles. The molecule has 1 N–H and O–H groups in total. The number of sulfonamides is 1. The minimum atomic E-state index is -3.49. The number of rotatable bonds is 3. The molecule has 7 heteroatoms. The summed E-state index contributed by atoms with van der Waals surface area (Å²) in [4.78, 5) is 12.2. The van der Waals surface area contributed by atoms with Crippen LogP contribution in [0.25, 0.3) is 0 Å². The number of hydrogen-bond acceptors (Lipinski definition) is 4. The number of amides is 1. The Hall–Kier alpha value is -0.920. The zero-order valence-electron chi connectivity index (χ0n) is 11.9. The van der Waals surface area contributed by atoms with Crippen LogP contribution in [-0.4, -0.2) is 38.8 Å². The monoisotopic (exact) mass is 316 g/mol. The van der Waals surface area contributed by atoms with Gasteiger partial charge in [0.05, 0.1) is 9.77 Å². The Bertz CT molecular complexity index is 585. The van der Waals surface area contributed by atoms with Crippen LogP contribution < -0.4 is 5.32 Å². The van der Waals surface area contributed by atoms with Gasteiger partial charge in [-0.3, -0.25) is 4.79 Å². The van der Waals surface area contributed by atoms with E-state index in [1.165, 1.54) is 13.1 Å². The van der Waals surface area contributed by atoms with Crippen LogP contribution in [0.1, 0.15) is 29.9 Å². The molecule has 112 valence electrons. The summed E-state index contributed by atoms with van der Waals surface area (Å²) in [5, 5.41) is 4.05. The molecule has 1 saturated heterocycles. The Kier molecular flexibility index (Phi) is 4.51. The highest BCUT2D eigenvalue weighted by molar-refractivity contribution is 7.89. The molecule has 2 atom stereocenters. The second-order valence-corrected chi connectivity index (χ2v) is 8.34. The van der Waals surface area contributed by atoms with Gasteiger partial charge in [-0.1, -0.05) is 13.8 Å². The molecular weight excluding hydrogens is 296 g/mol. The molecule has 0 bridgehead atoms. The summed E-state index contributed by atoms with van der Waals surface area (Å²) in [5.41, 5.74) is 0. The minimum absolute atomic E-state index is 0.224. The molecule has 20 heavy (non-hydrogen) atoms. The summed E-state index contributed by atoms with van der Waals surface area (Å²) in [6, 6.07) is 1.46. The Morgan fingerprint density at radius 1 is 1.35 bits per heavy atom. The van der Waals surface area contributed by atoms with E-state index in [2.05, 4.69) is 19.2 Å². The number of nitrogens with one attached hydrogen (secondary N) is 1. The van der Waals surface area contributed by atoms with Crippen LogP contribution in [0.2, 0.25) is 0 Å². The SMILES string of the molecule is CNC(=O)c1cc(S(=O)(=O)N2C[C@H](C)C[C@H](C)C2)cs1. The van der Waals surface area contributed by atoms with E-state index in [0.29, 0.717) is 29.8 Å². The number of carbonyl (C=O) groups excluding carboxylic acids is 1. The lowest BCUT2D eigenvalue weighted by atomic mass is 9.94. The van der Waals surface area contributed by atoms with Gasteiger partial charge in [0.2, 0.25) is 10.0 Å². The van der Waals surface area contributed by atoms with Crippen LogP contribution in [0.5, 0.6) is 0 Å². The van der Waals surface area contributed by atoms with Gasteiger partial charge in [0.15, 0.2) is 0 Å². The van der Waals surface area contributed by atoms with Crippen molar-refractivity contribution in [3.63, 3.8) is 0 Å². The van der Waals surface area contributed by atoms with E-state index in [-0.39, 0.29) is 10.8 Å². The smallest absolute Gasteiger partial charge is 0.261 e. The van der Waals surface area contributed by atoms with Gasteiger partial charge in [0.1, 0.15) is 0 Å². The normalized spacial score (nSPS) is 24.6. The number of hydrogen-bond donors (Lipinski definition) is 1. The molecule has 1 fully saturated rings. The lowest BCUT2D eigenvalue weighted by Gasteiger charge is -2.33. The van der Waals surface area contributed by atoms with Crippen molar-refractivity contribution in [2.75, 3.05) is 20.1 Å². The fraction of sp³-hybridized carbons (Fsp3) is 0.615. The van der Waals surface area contributed by atoms with E-state index in [9.17, 15) is 13.2 Å². The predicted molar refractivity (Wildman–Crippen MR) is 79.4 cm³/mol. The molecule has 1 aliphatic heterocycles. The van der Waals surface area contributed by atoms with Crippen molar-refractivity contribution >= 4 is 27.3 Å². The van der Waals surface area contributed by atoms with Crippen molar-refractivity contribution in [3.05, 3.63) is 16.3 Å². The van der Waals surface area contributed by atoms with Crippen LogP contribution in [0.4, 0.5) is 0 Å². The molecule has 2 rings (SSSR count). The first kappa shape index (κ1) is 15.5. The maximum absolute atomic E-state index is 12.6. The van der Waals surface area contributed by atoms with Crippen molar-refractivity contribution < 1.29 is 13.2 Å². The first-order valence-corrected chi connectivity index (χ1v) is 8.97. The number of thiophene rings is 1. The summed E-state index contributed by atoms with van der Waals surface area (Å²) < 4.78 is 26.8. The van der Waals surface area contributed by atoms with Crippen LogP contribution >= 0.6 is 11.3 Å². The summed E-state index contributed by atoms with van der Waals surface area (Å²) in [7, 11) is -1.95. The summed E-state index contributed by atoms with van der Waals surface area (Å²) >= 11 is 1.16. The third-order valence-electron chi connectivity index (χ3n) is 3.50. The molecule has 0 spiro atoms. The van der Waals surface area contributed by atoms with Crippen molar-refractivity contribution in [2.45, 2.75) is 25.2 Å². The van der Waals surface area contributed by atoms with Gasteiger partial charge in [-0.15, -0.1) is 11.3 Å². The highest BCUT2D eigenvalue weighted by atomic mass is 32.2. The molecule has 1 aromatic rings. The lowest BCUT2D eigenvalue weighted by Crippen LogP contribution is -2.42.